The van der Waals surface area contributed by atoms with Crippen molar-refractivity contribution in [3.63, 3.8) is 0 Å². The van der Waals surface area contributed by atoms with Crippen LogP contribution in [-0.2, 0) is 13.0 Å². The van der Waals surface area contributed by atoms with Gasteiger partial charge in [0.15, 0.2) is 12.3 Å². The van der Waals surface area contributed by atoms with Crippen LogP contribution >= 0.6 is 0 Å². The fourth-order valence-electron chi connectivity index (χ4n) is 3.03. The van der Waals surface area contributed by atoms with E-state index in [1.165, 1.54) is 6.26 Å². The van der Waals surface area contributed by atoms with Gasteiger partial charge in [0.2, 0.25) is 5.89 Å². The molecule has 1 aromatic carbocycles. The predicted octanol–water partition coefficient (Wildman–Crippen LogP) is 3.56. The quantitative estimate of drug-likeness (QED) is 0.521. The number of fused-ring (bicyclic) bond motifs is 1. The van der Waals surface area contributed by atoms with Crippen LogP contribution in [0.2, 0.25) is 0 Å². The van der Waals surface area contributed by atoms with Crippen molar-refractivity contribution in [1.82, 2.24) is 20.3 Å². The third-order valence-corrected chi connectivity index (χ3v) is 4.37. The largest absolute Gasteiger partial charge is 0.482 e. The molecule has 0 aliphatic rings. The highest BCUT2D eigenvalue weighted by Gasteiger charge is 2.15. The second-order valence-electron chi connectivity index (χ2n) is 6.69. The van der Waals surface area contributed by atoms with Crippen molar-refractivity contribution in [1.29, 1.82) is 0 Å². The molecule has 0 radical (unpaired) electrons. The molecule has 0 bridgehead atoms. The fraction of sp³-hybridized carbons (Fsp3) is 0.182. The van der Waals surface area contributed by atoms with Crippen LogP contribution in [0, 0.1) is 0 Å². The fourth-order valence-corrected chi connectivity index (χ4v) is 3.03. The molecule has 1 atom stereocenters. The Morgan fingerprint density at radius 1 is 1.17 bits per heavy atom. The summed E-state index contributed by atoms with van der Waals surface area (Å²) in [5, 5.41) is 3.90. The zero-order chi connectivity index (χ0) is 20.1. The van der Waals surface area contributed by atoms with Crippen LogP contribution in [0.4, 0.5) is 0 Å². The van der Waals surface area contributed by atoms with E-state index < -0.39 is 0 Å². The Morgan fingerprint density at radius 3 is 2.90 bits per heavy atom. The Bertz CT molecular complexity index is 1110. The highest BCUT2D eigenvalue weighted by Crippen LogP contribution is 2.23. The van der Waals surface area contributed by atoms with Crippen LogP contribution in [0.3, 0.4) is 0 Å². The summed E-state index contributed by atoms with van der Waals surface area (Å²) in [5.41, 5.74) is 2.04. The smallest absolute Gasteiger partial charge is 0.273 e. The highest BCUT2D eigenvalue weighted by atomic mass is 16.5. The number of nitrogens with one attached hydrogen (secondary N) is 1. The summed E-state index contributed by atoms with van der Waals surface area (Å²) in [6.45, 7) is 2.04. The molecule has 29 heavy (non-hydrogen) atoms. The molecule has 4 aromatic rings. The number of amides is 1. The number of pyridine rings is 2. The first-order chi connectivity index (χ1) is 14.2. The van der Waals surface area contributed by atoms with Gasteiger partial charge in [0.05, 0.1) is 0 Å². The number of rotatable bonds is 7. The van der Waals surface area contributed by atoms with Gasteiger partial charge in [-0.2, -0.15) is 0 Å². The molecule has 3 aromatic heterocycles. The van der Waals surface area contributed by atoms with Gasteiger partial charge in [-0.3, -0.25) is 14.8 Å². The first-order valence-corrected chi connectivity index (χ1v) is 9.30. The number of benzene rings is 1. The van der Waals surface area contributed by atoms with E-state index in [9.17, 15) is 4.79 Å². The van der Waals surface area contributed by atoms with Gasteiger partial charge in [0.1, 0.15) is 17.5 Å². The number of aromatic nitrogens is 3. The molecule has 0 saturated heterocycles. The number of hydrogen-bond donors (Lipinski definition) is 1. The van der Waals surface area contributed by atoms with Gasteiger partial charge in [-0.25, -0.2) is 4.98 Å². The standard InChI is InChI=1S/C22H20N4O3/c1-15(11-16-5-3-9-23-12-16)25-22(27)18-13-29-20(26-18)14-28-19-8-2-6-17-7-4-10-24-21(17)19/h2-10,12-13,15H,11,14H2,1H3,(H,25,27)/t15-/m1/s1. The van der Waals surface area contributed by atoms with Crippen LogP contribution in [0.15, 0.2) is 71.7 Å². The molecular formula is C22H20N4O3. The second kappa shape index (κ2) is 8.52. The minimum Gasteiger partial charge on any atom is -0.482 e. The van der Waals surface area contributed by atoms with E-state index in [4.69, 9.17) is 9.15 Å². The molecule has 0 aliphatic carbocycles. The number of carbonyl (C=O) groups is 1. The van der Waals surface area contributed by atoms with Crippen molar-refractivity contribution < 1.29 is 13.9 Å². The molecule has 4 rings (SSSR count). The number of nitrogens with zero attached hydrogens (tertiary/aromatic N) is 3. The zero-order valence-corrected chi connectivity index (χ0v) is 15.9. The monoisotopic (exact) mass is 388 g/mol. The van der Waals surface area contributed by atoms with Crippen molar-refractivity contribution in [3.8, 4) is 5.75 Å². The van der Waals surface area contributed by atoms with Crippen molar-refractivity contribution in [2.24, 2.45) is 0 Å². The van der Waals surface area contributed by atoms with E-state index in [2.05, 4.69) is 20.3 Å². The van der Waals surface area contributed by atoms with E-state index in [0.29, 0.717) is 18.1 Å². The molecule has 146 valence electrons. The lowest BCUT2D eigenvalue weighted by atomic mass is 10.1. The van der Waals surface area contributed by atoms with Gasteiger partial charge in [-0.15, -0.1) is 0 Å². The summed E-state index contributed by atoms with van der Waals surface area (Å²) < 4.78 is 11.2. The Hall–Kier alpha value is -3.74. The maximum atomic E-state index is 12.4. The normalized spacial score (nSPS) is 11.9. The lowest BCUT2D eigenvalue weighted by Gasteiger charge is -2.12. The average Bonchev–Trinajstić information content (AvgIpc) is 3.22. The maximum Gasteiger partial charge on any atom is 0.273 e. The Balaban J connectivity index is 1.36. The second-order valence-corrected chi connectivity index (χ2v) is 6.69. The van der Waals surface area contributed by atoms with Crippen molar-refractivity contribution >= 4 is 16.8 Å². The van der Waals surface area contributed by atoms with Gasteiger partial charge in [0, 0.05) is 30.0 Å². The summed E-state index contributed by atoms with van der Waals surface area (Å²) in [4.78, 5) is 25.1. The molecule has 1 N–H and O–H groups in total. The maximum absolute atomic E-state index is 12.4. The summed E-state index contributed by atoms with van der Waals surface area (Å²) in [7, 11) is 0. The Labute approximate surface area is 167 Å². The van der Waals surface area contributed by atoms with Gasteiger partial charge < -0.3 is 14.5 Å². The molecule has 0 aliphatic heterocycles. The summed E-state index contributed by atoms with van der Waals surface area (Å²) in [6.07, 6.45) is 7.25. The number of ether oxygens (including phenoxy) is 1. The van der Waals surface area contributed by atoms with Crippen LogP contribution in [0.25, 0.3) is 10.9 Å². The van der Waals surface area contributed by atoms with Crippen LogP contribution < -0.4 is 10.1 Å². The Kier molecular flexibility index (Phi) is 5.47. The van der Waals surface area contributed by atoms with Crippen LogP contribution in [0.5, 0.6) is 5.75 Å². The van der Waals surface area contributed by atoms with Gasteiger partial charge in [-0.1, -0.05) is 24.3 Å². The minimum absolute atomic E-state index is 0.0649. The zero-order valence-electron chi connectivity index (χ0n) is 15.9. The molecule has 1 amide bonds. The molecule has 7 nitrogen and oxygen atoms in total. The molecule has 0 spiro atoms. The molecule has 0 unspecified atom stereocenters. The van der Waals surface area contributed by atoms with Crippen molar-refractivity contribution in [3.05, 3.63) is 84.5 Å². The first kappa shape index (κ1) is 18.6. The number of oxazole rings is 1. The third kappa shape index (κ3) is 4.57. The van der Waals surface area contributed by atoms with E-state index in [1.807, 2.05) is 49.4 Å². The van der Waals surface area contributed by atoms with Crippen molar-refractivity contribution in [2.45, 2.75) is 26.0 Å². The van der Waals surface area contributed by atoms with E-state index in [0.717, 1.165) is 16.5 Å². The average molecular weight is 388 g/mol. The minimum atomic E-state index is -0.289. The third-order valence-electron chi connectivity index (χ3n) is 4.37. The SMILES string of the molecule is C[C@H](Cc1cccnc1)NC(=O)c1coc(COc2cccc3cccnc23)n1. The van der Waals surface area contributed by atoms with Gasteiger partial charge in [0.25, 0.3) is 5.91 Å². The lowest BCUT2D eigenvalue weighted by Crippen LogP contribution is -2.34. The van der Waals surface area contributed by atoms with Gasteiger partial charge in [-0.05, 0) is 37.1 Å². The molecule has 3 heterocycles. The number of carbonyl (C=O) groups excluding carboxylic acids is 1. The number of para-hydroxylation sites is 1. The van der Waals surface area contributed by atoms with Crippen LogP contribution in [-0.4, -0.2) is 26.9 Å². The Morgan fingerprint density at radius 2 is 2.03 bits per heavy atom. The van der Waals surface area contributed by atoms with E-state index >= 15 is 0 Å². The first-order valence-electron chi connectivity index (χ1n) is 9.30. The molecule has 0 saturated carbocycles. The molecule has 0 fully saturated rings. The molecular weight excluding hydrogens is 368 g/mol. The van der Waals surface area contributed by atoms with Crippen molar-refractivity contribution in [2.75, 3.05) is 0 Å². The molecule has 7 heteroatoms. The van der Waals surface area contributed by atoms with Gasteiger partial charge >= 0.3 is 0 Å². The summed E-state index contributed by atoms with van der Waals surface area (Å²) in [5.74, 6) is 0.670. The highest BCUT2D eigenvalue weighted by molar-refractivity contribution is 5.92. The van der Waals surface area contributed by atoms with E-state index in [1.54, 1.807) is 18.6 Å². The number of hydrogen-bond acceptors (Lipinski definition) is 6. The lowest BCUT2D eigenvalue weighted by molar-refractivity contribution is 0.0935. The summed E-state index contributed by atoms with van der Waals surface area (Å²) in [6, 6.07) is 13.3. The van der Waals surface area contributed by atoms with Crippen LogP contribution in [0.1, 0.15) is 28.9 Å². The predicted molar refractivity (Wildman–Crippen MR) is 107 cm³/mol. The van der Waals surface area contributed by atoms with E-state index in [-0.39, 0.29) is 24.2 Å². The summed E-state index contributed by atoms with van der Waals surface area (Å²) >= 11 is 0. The topological polar surface area (TPSA) is 90.1 Å².